The molecule has 0 N–H and O–H groups in total. The van der Waals surface area contributed by atoms with Crippen molar-refractivity contribution in [3.8, 4) is 0 Å². The summed E-state index contributed by atoms with van der Waals surface area (Å²) in [5.41, 5.74) is 1.16. The van der Waals surface area contributed by atoms with Gasteiger partial charge in [0.2, 0.25) is 16.0 Å². The molecule has 21 heavy (non-hydrogen) atoms. The highest BCUT2D eigenvalue weighted by Gasteiger charge is 2.51. The minimum atomic E-state index is -3.04. The van der Waals surface area contributed by atoms with Crippen LogP contribution in [0.1, 0.15) is 25.3 Å². The van der Waals surface area contributed by atoms with Crippen molar-refractivity contribution >= 4 is 16.0 Å². The molecule has 0 radical (unpaired) electrons. The van der Waals surface area contributed by atoms with Crippen molar-refractivity contribution in [1.82, 2.24) is 14.3 Å². The summed E-state index contributed by atoms with van der Waals surface area (Å²) in [5, 5.41) is 0. The average molecular weight is 310 g/mol. The molecule has 6 nitrogen and oxygen atoms in total. The molecule has 0 unspecified atom stereocenters. The van der Waals surface area contributed by atoms with Crippen LogP contribution in [0.4, 0.5) is 5.95 Å². The lowest BCUT2D eigenvalue weighted by Gasteiger charge is -2.46. The summed E-state index contributed by atoms with van der Waals surface area (Å²) in [6.45, 7) is 6.94. The van der Waals surface area contributed by atoms with Crippen molar-refractivity contribution < 1.29 is 8.42 Å². The summed E-state index contributed by atoms with van der Waals surface area (Å²) in [6.07, 6.45) is 5.34. The number of anilines is 1. The van der Waals surface area contributed by atoms with Gasteiger partial charge in [-0.25, -0.2) is 22.7 Å². The van der Waals surface area contributed by atoms with Gasteiger partial charge in [-0.1, -0.05) is 6.92 Å². The van der Waals surface area contributed by atoms with Gasteiger partial charge in [0.25, 0.3) is 0 Å². The van der Waals surface area contributed by atoms with Gasteiger partial charge in [-0.3, -0.25) is 0 Å². The maximum atomic E-state index is 12.0. The Balaban J connectivity index is 1.63. The van der Waals surface area contributed by atoms with Crippen LogP contribution in [0.3, 0.4) is 0 Å². The van der Waals surface area contributed by atoms with Gasteiger partial charge in [0, 0.05) is 44.0 Å². The van der Waals surface area contributed by atoms with Crippen molar-refractivity contribution in [3.05, 3.63) is 18.0 Å². The molecule has 1 spiro atoms. The second kappa shape index (κ2) is 5.21. The normalized spacial score (nSPS) is 21.7. The monoisotopic (exact) mass is 310 g/mol. The number of hydrogen-bond donors (Lipinski definition) is 0. The molecule has 0 bridgehead atoms. The quantitative estimate of drug-likeness (QED) is 0.831. The molecule has 2 fully saturated rings. The number of sulfonamides is 1. The highest BCUT2D eigenvalue weighted by molar-refractivity contribution is 7.89. The fraction of sp³-hybridized carbons (Fsp3) is 0.714. The lowest BCUT2D eigenvalue weighted by molar-refractivity contribution is 0.0936. The highest BCUT2D eigenvalue weighted by Crippen LogP contribution is 2.41. The Kier molecular flexibility index (Phi) is 3.65. The van der Waals surface area contributed by atoms with Gasteiger partial charge in [-0.2, -0.15) is 0 Å². The maximum Gasteiger partial charge on any atom is 0.225 e. The number of nitrogens with zero attached hydrogens (tertiary/aromatic N) is 4. The zero-order valence-corrected chi connectivity index (χ0v) is 13.4. The minimum Gasteiger partial charge on any atom is -0.340 e. The molecule has 0 saturated carbocycles. The average Bonchev–Trinajstić information content (AvgIpc) is 2.83. The Morgan fingerprint density at radius 3 is 2.52 bits per heavy atom. The number of aromatic nitrogens is 2. The molecular weight excluding hydrogens is 288 g/mol. The highest BCUT2D eigenvalue weighted by atomic mass is 32.2. The molecule has 3 heterocycles. The molecule has 0 atom stereocenters. The van der Waals surface area contributed by atoms with Crippen LogP contribution in [-0.4, -0.2) is 54.6 Å². The topological polar surface area (TPSA) is 66.4 Å². The van der Waals surface area contributed by atoms with E-state index >= 15 is 0 Å². The molecule has 7 heteroatoms. The van der Waals surface area contributed by atoms with Crippen molar-refractivity contribution in [3.63, 3.8) is 0 Å². The molecule has 3 rings (SSSR count). The standard InChI is InChI=1S/C14H22N4O2S/c1-3-6-21(19,20)18-10-14(11-18)4-5-17(9-14)13-15-7-12(2)8-16-13/h7-8H,3-6,9-11H2,1-2H3. The van der Waals surface area contributed by atoms with E-state index in [4.69, 9.17) is 0 Å². The van der Waals surface area contributed by atoms with Gasteiger partial charge >= 0.3 is 0 Å². The van der Waals surface area contributed by atoms with Crippen LogP contribution >= 0.6 is 0 Å². The first-order valence-corrected chi connectivity index (χ1v) is 9.06. The lowest BCUT2D eigenvalue weighted by atomic mass is 9.81. The fourth-order valence-electron chi connectivity index (χ4n) is 3.20. The molecular formula is C14H22N4O2S. The second-order valence-electron chi connectivity index (χ2n) is 6.32. The van der Waals surface area contributed by atoms with E-state index < -0.39 is 10.0 Å². The molecule has 2 aliphatic rings. The molecule has 0 aromatic carbocycles. The Labute approximate surface area is 126 Å². The van der Waals surface area contributed by atoms with Crippen LogP contribution in [0.2, 0.25) is 0 Å². The van der Waals surface area contributed by atoms with Gasteiger partial charge < -0.3 is 4.90 Å². The SMILES string of the molecule is CCCS(=O)(=O)N1CC2(CCN(c3ncc(C)cn3)C2)C1. The van der Waals surface area contributed by atoms with E-state index in [9.17, 15) is 8.42 Å². The van der Waals surface area contributed by atoms with Crippen molar-refractivity contribution in [1.29, 1.82) is 0 Å². The molecule has 116 valence electrons. The smallest absolute Gasteiger partial charge is 0.225 e. The summed E-state index contributed by atoms with van der Waals surface area (Å²) >= 11 is 0. The minimum absolute atomic E-state index is 0.106. The van der Waals surface area contributed by atoms with E-state index in [0.29, 0.717) is 19.5 Å². The summed E-state index contributed by atoms with van der Waals surface area (Å²) in [4.78, 5) is 10.9. The maximum absolute atomic E-state index is 12.0. The third-order valence-corrected chi connectivity index (χ3v) is 6.34. The van der Waals surface area contributed by atoms with E-state index in [2.05, 4.69) is 14.9 Å². The lowest BCUT2D eigenvalue weighted by Crippen LogP contribution is -2.59. The predicted molar refractivity (Wildman–Crippen MR) is 81.7 cm³/mol. The van der Waals surface area contributed by atoms with Gasteiger partial charge in [0.15, 0.2) is 0 Å². The van der Waals surface area contributed by atoms with E-state index in [1.54, 1.807) is 4.31 Å². The second-order valence-corrected chi connectivity index (χ2v) is 8.40. The molecule has 0 amide bonds. The Morgan fingerprint density at radius 2 is 1.90 bits per heavy atom. The summed E-state index contributed by atoms with van der Waals surface area (Å²) in [7, 11) is -3.04. The largest absolute Gasteiger partial charge is 0.340 e. The van der Waals surface area contributed by atoms with Crippen LogP contribution in [0.25, 0.3) is 0 Å². The van der Waals surface area contributed by atoms with Crippen molar-refractivity contribution in [2.75, 3.05) is 36.8 Å². The van der Waals surface area contributed by atoms with Crippen molar-refractivity contribution in [2.24, 2.45) is 5.41 Å². The first kappa shape index (κ1) is 14.7. The van der Waals surface area contributed by atoms with Crippen LogP contribution in [-0.2, 0) is 10.0 Å². The Hall–Kier alpha value is -1.21. The molecule has 1 aromatic rings. The Bertz CT molecular complexity index is 608. The van der Waals surface area contributed by atoms with Gasteiger partial charge in [0.05, 0.1) is 5.75 Å². The number of hydrogen-bond acceptors (Lipinski definition) is 5. The fourth-order valence-corrected chi connectivity index (χ4v) is 4.91. The van der Waals surface area contributed by atoms with Crippen LogP contribution in [0.15, 0.2) is 12.4 Å². The third kappa shape index (κ3) is 2.76. The predicted octanol–water partition coefficient (Wildman–Crippen LogP) is 1.04. The number of rotatable bonds is 4. The van der Waals surface area contributed by atoms with Crippen LogP contribution in [0.5, 0.6) is 0 Å². The molecule has 2 saturated heterocycles. The van der Waals surface area contributed by atoms with Crippen molar-refractivity contribution in [2.45, 2.75) is 26.7 Å². The van der Waals surface area contributed by atoms with E-state index in [0.717, 1.165) is 31.0 Å². The van der Waals surface area contributed by atoms with Gasteiger partial charge in [-0.15, -0.1) is 0 Å². The van der Waals surface area contributed by atoms with Gasteiger partial charge in [-0.05, 0) is 25.3 Å². The van der Waals surface area contributed by atoms with Crippen LogP contribution < -0.4 is 4.90 Å². The summed E-state index contributed by atoms with van der Waals surface area (Å²) in [6, 6.07) is 0. The third-order valence-electron chi connectivity index (χ3n) is 4.37. The first-order chi connectivity index (χ1) is 9.94. The van der Waals surface area contributed by atoms with E-state index in [1.165, 1.54) is 0 Å². The summed E-state index contributed by atoms with van der Waals surface area (Å²) in [5.74, 6) is 1.01. The van der Waals surface area contributed by atoms with E-state index in [1.807, 2.05) is 26.2 Å². The summed E-state index contributed by atoms with van der Waals surface area (Å²) < 4.78 is 25.7. The van der Waals surface area contributed by atoms with Gasteiger partial charge in [0.1, 0.15) is 0 Å². The molecule has 2 aliphatic heterocycles. The number of aryl methyl sites for hydroxylation is 1. The van der Waals surface area contributed by atoms with E-state index in [-0.39, 0.29) is 11.2 Å². The molecule has 1 aromatic heterocycles. The molecule has 0 aliphatic carbocycles. The Morgan fingerprint density at radius 1 is 1.24 bits per heavy atom. The zero-order valence-electron chi connectivity index (χ0n) is 12.6. The zero-order chi connectivity index (χ0) is 15.1. The van der Waals surface area contributed by atoms with Crippen LogP contribution in [0, 0.1) is 12.3 Å². The first-order valence-electron chi connectivity index (χ1n) is 7.46.